The molecule has 0 bridgehead atoms. The predicted octanol–water partition coefficient (Wildman–Crippen LogP) is 1.29. The lowest BCUT2D eigenvalue weighted by Gasteiger charge is -2.42. The van der Waals surface area contributed by atoms with Crippen LogP contribution in [0.1, 0.15) is 24.0 Å². The Hall–Kier alpha value is -2.02. The number of rotatable bonds is 3. The normalized spacial score (nSPS) is 18.7. The molecule has 1 fully saturated rings. The van der Waals surface area contributed by atoms with Crippen LogP contribution in [-0.4, -0.2) is 45.7 Å². The molecule has 8 nitrogen and oxygen atoms in total. The average molecular weight is 438 g/mol. The number of nitrogens with one attached hydrogen (secondary N) is 1. The molecule has 3 rings (SSSR count). The van der Waals surface area contributed by atoms with E-state index in [1.807, 2.05) is 0 Å². The highest BCUT2D eigenvalue weighted by Crippen LogP contribution is 2.41. The number of piperidine rings is 1. The van der Waals surface area contributed by atoms with Crippen LogP contribution in [0.15, 0.2) is 30.6 Å². The van der Waals surface area contributed by atoms with Gasteiger partial charge in [-0.1, -0.05) is 6.07 Å². The number of halogens is 3. The summed E-state index contributed by atoms with van der Waals surface area (Å²) >= 11 is 0. The summed E-state index contributed by atoms with van der Waals surface area (Å²) in [6.45, 7) is 2.03. The van der Waals surface area contributed by atoms with Crippen LogP contribution in [-0.2, 0) is 26.9 Å². The van der Waals surface area contributed by atoms with E-state index < -0.39 is 21.2 Å². The van der Waals surface area contributed by atoms with E-state index in [0.717, 1.165) is 37.1 Å². The van der Waals surface area contributed by atoms with Crippen LogP contribution in [0.2, 0.25) is 0 Å². The van der Waals surface area contributed by atoms with E-state index in [0.29, 0.717) is 13.0 Å². The van der Waals surface area contributed by atoms with Gasteiger partial charge >= 0.3 is 15.6 Å². The Labute approximate surface area is 167 Å². The largest absolute Gasteiger partial charge is 0.534 e. The molecule has 1 aromatic rings. The monoisotopic (exact) mass is 438 g/mol. The van der Waals surface area contributed by atoms with Crippen LogP contribution in [0, 0.1) is 0 Å². The quantitative estimate of drug-likeness (QED) is 0.280. The summed E-state index contributed by atoms with van der Waals surface area (Å²) in [5.41, 5.74) is 0.717. The lowest BCUT2D eigenvalue weighted by atomic mass is 9.80. The molecule has 0 aromatic heterocycles. The van der Waals surface area contributed by atoms with Crippen molar-refractivity contribution in [1.29, 1.82) is 0 Å². The summed E-state index contributed by atoms with van der Waals surface area (Å²) < 4.78 is 69.6. The minimum Gasteiger partial charge on any atom is -0.403 e. The molecule has 2 aliphatic heterocycles. The molecule has 0 aliphatic carbocycles. The van der Waals surface area contributed by atoms with Gasteiger partial charge in [-0.2, -0.15) is 21.6 Å². The van der Waals surface area contributed by atoms with Crippen molar-refractivity contribution in [2.75, 3.05) is 26.7 Å². The Morgan fingerprint density at radius 3 is 2.48 bits per heavy atom. The zero-order valence-electron chi connectivity index (χ0n) is 15.9. The van der Waals surface area contributed by atoms with Crippen molar-refractivity contribution < 1.29 is 30.5 Å². The maximum atomic E-state index is 12.4. The van der Waals surface area contributed by atoms with Crippen molar-refractivity contribution in [1.82, 2.24) is 10.3 Å². The van der Waals surface area contributed by atoms with Crippen LogP contribution in [0.3, 0.4) is 0 Å². The first-order valence-electron chi connectivity index (χ1n) is 8.85. The van der Waals surface area contributed by atoms with Crippen molar-refractivity contribution >= 4 is 10.1 Å². The Morgan fingerprint density at radius 1 is 1.31 bits per heavy atom. The van der Waals surface area contributed by atoms with Gasteiger partial charge in [-0.3, -0.25) is 0 Å². The van der Waals surface area contributed by atoms with Gasteiger partial charge in [0.1, 0.15) is 5.75 Å². The maximum absolute atomic E-state index is 12.4. The molecule has 12 heteroatoms. The zero-order valence-corrected chi connectivity index (χ0v) is 16.7. The number of hydrogen-bond donors (Lipinski definition) is 3. The summed E-state index contributed by atoms with van der Waals surface area (Å²) in [7, 11) is -3.95. The topological polar surface area (TPSA) is 120 Å². The third-order valence-electron chi connectivity index (χ3n) is 4.54. The van der Waals surface area contributed by atoms with E-state index in [4.69, 9.17) is 16.3 Å². The first-order valence-corrected chi connectivity index (χ1v) is 10.3. The van der Waals surface area contributed by atoms with Gasteiger partial charge in [0, 0.05) is 19.4 Å². The molecule has 2 aliphatic rings. The summed E-state index contributed by atoms with van der Waals surface area (Å²) in [5.74, 6) is 4.74. The van der Waals surface area contributed by atoms with Gasteiger partial charge in [-0.05, 0) is 55.6 Å². The Balaban J connectivity index is 0.000000438. The number of nitrogens with zero attached hydrogens (tertiary/aromatic N) is 1. The number of fused-ring (bicyclic) bond motifs is 2. The molecular formula is C17H25F3N4O4S. The van der Waals surface area contributed by atoms with Crippen LogP contribution in [0.4, 0.5) is 13.2 Å². The van der Waals surface area contributed by atoms with Gasteiger partial charge in [0.15, 0.2) is 0 Å². The first-order chi connectivity index (χ1) is 13.5. The fourth-order valence-electron chi connectivity index (χ4n) is 3.26. The summed E-state index contributed by atoms with van der Waals surface area (Å²) in [5, 5.41) is 4.61. The standard InChI is InChI=1S/C14H16F3NO4S.C3H9N3/c15-14(16,17)23(19,20)22-11-1-2-12-10(9-11)3-8-21-13(12)4-6-18-7-5-13;1-6(5)3-2-4/h1-2,9,18H,3-8H2;2-3H,4-5H2,1H3/b;3-2-. The smallest absolute Gasteiger partial charge is 0.403 e. The Morgan fingerprint density at radius 2 is 1.97 bits per heavy atom. The van der Waals surface area contributed by atoms with Crippen LogP contribution in [0.25, 0.3) is 0 Å². The van der Waals surface area contributed by atoms with Crippen molar-refractivity contribution in [3.63, 3.8) is 0 Å². The molecule has 164 valence electrons. The molecule has 2 heterocycles. The molecule has 0 amide bonds. The number of hydrazine groups is 1. The van der Waals surface area contributed by atoms with E-state index in [1.54, 1.807) is 19.3 Å². The number of benzene rings is 1. The fraction of sp³-hybridized carbons (Fsp3) is 0.529. The Bertz CT molecular complexity index is 822. The molecule has 0 atom stereocenters. The molecule has 1 aromatic carbocycles. The van der Waals surface area contributed by atoms with Crippen molar-refractivity contribution in [2.45, 2.75) is 30.4 Å². The summed E-state index contributed by atoms with van der Waals surface area (Å²) in [4.78, 5) is 0. The van der Waals surface area contributed by atoms with E-state index in [9.17, 15) is 21.6 Å². The van der Waals surface area contributed by atoms with Crippen molar-refractivity contribution in [3.8, 4) is 5.75 Å². The molecule has 0 unspecified atom stereocenters. The van der Waals surface area contributed by atoms with Crippen LogP contribution < -0.4 is 21.1 Å². The van der Waals surface area contributed by atoms with E-state index in [2.05, 4.69) is 9.50 Å². The van der Waals surface area contributed by atoms with Crippen molar-refractivity contribution in [3.05, 3.63) is 41.7 Å². The highest BCUT2D eigenvalue weighted by atomic mass is 32.2. The number of hydrogen-bond acceptors (Lipinski definition) is 8. The predicted molar refractivity (Wildman–Crippen MR) is 101 cm³/mol. The van der Waals surface area contributed by atoms with Gasteiger partial charge in [0.05, 0.1) is 12.2 Å². The molecule has 5 N–H and O–H groups in total. The molecular weight excluding hydrogens is 413 g/mol. The van der Waals surface area contributed by atoms with Gasteiger partial charge < -0.3 is 25.0 Å². The van der Waals surface area contributed by atoms with Crippen LogP contribution >= 0.6 is 0 Å². The minimum absolute atomic E-state index is 0.327. The van der Waals surface area contributed by atoms with Gasteiger partial charge in [-0.15, -0.1) is 0 Å². The molecule has 0 saturated carbocycles. The fourth-order valence-corrected chi connectivity index (χ4v) is 3.71. The second kappa shape index (κ2) is 9.20. The highest BCUT2D eigenvalue weighted by Gasteiger charge is 2.48. The molecule has 1 spiro atoms. The highest BCUT2D eigenvalue weighted by molar-refractivity contribution is 7.88. The number of alkyl halides is 3. The second-order valence-corrected chi connectivity index (χ2v) is 8.19. The van der Waals surface area contributed by atoms with Gasteiger partial charge in [0.25, 0.3) is 0 Å². The number of ether oxygens (including phenoxy) is 1. The second-order valence-electron chi connectivity index (χ2n) is 6.65. The first kappa shape index (κ1) is 23.3. The SMILES string of the molecule is CN(N)/C=C\N.O=S(=O)(Oc1ccc2c(c1)CCOC21CCNCC1)C(F)(F)F. The third kappa shape index (κ3) is 5.75. The van der Waals surface area contributed by atoms with E-state index >= 15 is 0 Å². The summed E-state index contributed by atoms with van der Waals surface area (Å²) in [6.07, 6.45) is 4.97. The van der Waals surface area contributed by atoms with Gasteiger partial charge in [0.2, 0.25) is 0 Å². The molecule has 29 heavy (non-hydrogen) atoms. The summed E-state index contributed by atoms with van der Waals surface area (Å²) in [6, 6.07) is 4.23. The van der Waals surface area contributed by atoms with E-state index in [-0.39, 0.29) is 5.75 Å². The number of nitrogens with two attached hydrogens (primary N) is 2. The molecule has 1 saturated heterocycles. The van der Waals surface area contributed by atoms with Gasteiger partial charge in [-0.25, -0.2) is 5.84 Å². The maximum Gasteiger partial charge on any atom is 0.534 e. The lowest BCUT2D eigenvalue weighted by molar-refractivity contribution is -0.0802. The third-order valence-corrected chi connectivity index (χ3v) is 5.52. The van der Waals surface area contributed by atoms with Crippen LogP contribution in [0.5, 0.6) is 5.75 Å². The Kier molecular flexibility index (Phi) is 7.38. The zero-order chi connectivity index (χ0) is 21.7. The van der Waals surface area contributed by atoms with Crippen molar-refractivity contribution in [2.24, 2.45) is 11.6 Å². The van der Waals surface area contributed by atoms with E-state index in [1.165, 1.54) is 23.3 Å². The minimum atomic E-state index is -5.65. The molecule has 0 radical (unpaired) electrons. The lowest BCUT2D eigenvalue weighted by Crippen LogP contribution is -2.44. The average Bonchev–Trinajstić information content (AvgIpc) is 2.62.